The number of nitrogens with one attached hydrogen (secondary N) is 2. The van der Waals surface area contributed by atoms with Gasteiger partial charge in [-0.05, 0) is 37.3 Å². The fraction of sp³-hybridized carbons (Fsp3) is 0.667. The number of carbonyl (C=O) groups excluding carboxylic acids is 1. The highest BCUT2D eigenvalue weighted by atomic mass is 16.1. The molecular formula is C12H20N4O. The first-order valence-electron chi connectivity index (χ1n) is 6.29. The van der Waals surface area contributed by atoms with Gasteiger partial charge in [0.2, 0.25) is 0 Å². The number of hydrogen-bond donors (Lipinski definition) is 3. The number of amides is 1. The molecule has 5 heteroatoms. The summed E-state index contributed by atoms with van der Waals surface area (Å²) in [6.07, 6.45) is 6.47. The van der Waals surface area contributed by atoms with Crippen LogP contribution in [0, 0.1) is 11.8 Å². The van der Waals surface area contributed by atoms with Crippen LogP contribution in [0.3, 0.4) is 0 Å². The Kier molecular flexibility index (Phi) is 4.14. The maximum atomic E-state index is 11.7. The van der Waals surface area contributed by atoms with Crippen LogP contribution in [-0.4, -0.2) is 29.2 Å². The predicted octanol–water partition coefficient (Wildman–Crippen LogP) is 0.905. The minimum absolute atomic E-state index is 0.0798. The van der Waals surface area contributed by atoms with Gasteiger partial charge in [-0.25, -0.2) is 0 Å². The first kappa shape index (κ1) is 12.1. The van der Waals surface area contributed by atoms with Gasteiger partial charge in [0.05, 0.1) is 0 Å². The van der Waals surface area contributed by atoms with E-state index < -0.39 is 0 Å². The Morgan fingerprint density at radius 1 is 1.47 bits per heavy atom. The Morgan fingerprint density at radius 3 is 2.88 bits per heavy atom. The average Bonchev–Trinajstić information content (AvgIpc) is 2.90. The van der Waals surface area contributed by atoms with Crippen LogP contribution in [0.1, 0.15) is 36.2 Å². The van der Waals surface area contributed by atoms with Crippen molar-refractivity contribution in [1.29, 1.82) is 0 Å². The van der Waals surface area contributed by atoms with Crippen LogP contribution in [-0.2, 0) is 0 Å². The van der Waals surface area contributed by atoms with Crippen molar-refractivity contribution in [3.8, 4) is 0 Å². The lowest BCUT2D eigenvalue weighted by atomic mass is 9.79. The summed E-state index contributed by atoms with van der Waals surface area (Å²) in [6, 6.07) is 1.68. The second-order valence-electron chi connectivity index (χ2n) is 4.72. The number of H-pyrrole nitrogens is 1. The van der Waals surface area contributed by atoms with Crippen molar-refractivity contribution >= 4 is 5.91 Å². The smallest absolute Gasteiger partial charge is 0.269 e. The van der Waals surface area contributed by atoms with Gasteiger partial charge in [-0.15, -0.1) is 0 Å². The number of nitrogens with two attached hydrogens (primary N) is 1. The Balaban J connectivity index is 1.82. The summed E-state index contributed by atoms with van der Waals surface area (Å²) in [4.78, 5) is 11.7. The number of rotatable bonds is 4. The Labute approximate surface area is 101 Å². The Bertz CT molecular complexity index is 349. The van der Waals surface area contributed by atoms with E-state index >= 15 is 0 Å². The Hall–Kier alpha value is -1.36. The maximum Gasteiger partial charge on any atom is 0.269 e. The van der Waals surface area contributed by atoms with E-state index in [9.17, 15) is 4.79 Å². The lowest BCUT2D eigenvalue weighted by Crippen LogP contribution is -2.37. The van der Waals surface area contributed by atoms with E-state index in [0.29, 0.717) is 17.5 Å². The van der Waals surface area contributed by atoms with E-state index in [1.165, 1.54) is 25.7 Å². The van der Waals surface area contributed by atoms with Gasteiger partial charge in [0.25, 0.3) is 5.91 Å². The normalized spacial score (nSPS) is 24.5. The molecule has 0 spiro atoms. The summed E-state index contributed by atoms with van der Waals surface area (Å²) >= 11 is 0. The molecule has 2 unspecified atom stereocenters. The van der Waals surface area contributed by atoms with Gasteiger partial charge in [-0.1, -0.05) is 12.8 Å². The fourth-order valence-electron chi connectivity index (χ4n) is 2.56. The van der Waals surface area contributed by atoms with Crippen LogP contribution in [0.2, 0.25) is 0 Å². The second-order valence-corrected chi connectivity index (χ2v) is 4.72. The Morgan fingerprint density at radius 2 is 2.24 bits per heavy atom. The van der Waals surface area contributed by atoms with E-state index in [-0.39, 0.29) is 5.91 Å². The number of carbonyl (C=O) groups is 1. The van der Waals surface area contributed by atoms with Crippen LogP contribution in [0.5, 0.6) is 0 Å². The van der Waals surface area contributed by atoms with Crippen LogP contribution in [0.4, 0.5) is 0 Å². The third-order valence-corrected chi connectivity index (χ3v) is 3.64. The molecule has 1 aliphatic rings. The highest BCUT2D eigenvalue weighted by molar-refractivity contribution is 5.92. The SMILES string of the molecule is NCC1CCCCC1CNC(=O)c1ccn[nH]1. The molecule has 5 nitrogen and oxygen atoms in total. The molecule has 0 radical (unpaired) electrons. The summed E-state index contributed by atoms with van der Waals surface area (Å²) in [7, 11) is 0. The molecule has 0 aromatic carbocycles. The highest BCUT2D eigenvalue weighted by Gasteiger charge is 2.24. The van der Waals surface area contributed by atoms with Gasteiger partial charge in [-0.2, -0.15) is 5.10 Å². The van der Waals surface area contributed by atoms with Gasteiger partial charge >= 0.3 is 0 Å². The maximum absolute atomic E-state index is 11.7. The van der Waals surface area contributed by atoms with Crippen molar-refractivity contribution in [3.63, 3.8) is 0 Å². The van der Waals surface area contributed by atoms with Gasteiger partial charge in [0, 0.05) is 12.7 Å². The van der Waals surface area contributed by atoms with Crippen LogP contribution < -0.4 is 11.1 Å². The first-order chi connectivity index (χ1) is 8.31. The molecule has 2 atom stereocenters. The van der Waals surface area contributed by atoms with Crippen LogP contribution in [0.15, 0.2) is 12.3 Å². The zero-order chi connectivity index (χ0) is 12.1. The molecule has 1 aliphatic carbocycles. The summed E-state index contributed by atoms with van der Waals surface area (Å²) in [6.45, 7) is 1.45. The number of hydrogen-bond acceptors (Lipinski definition) is 3. The standard InChI is InChI=1S/C12H20N4O/c13-7-9-3-1-2-4-10(9)8-14-12(17)11-5-6-15-16-11/h5-6,9-10H,1-4,7-8,13H2,(H,14,17)(H,15,16). The van der Waals surface area contributed by atoms with Crippen molar-refractivity contribution < 1.29 is 4.79 Å². The molecule has 1 fully saturated rings. The molecule has 1 aromatic heterocycles. The molecule has 0 saturated heterocycles. The third-order valence-electron chi connectivity index (χ3n) is 3.64. The molecule has 1 heterocycles. The molecule has 2 rings (SSSR count). The third kappa shape index (κ3) is 3.06. The molecule has 0 bridgehead atoms. The number of nitrogens with zero attached hydrogens (tertiary/aromatic N) is 1. The monoisotopic (exact) mass is 236 g/mol. The lowest BCUT2D eigenvalue weighted by Gasteiger charge is -2.30. The quantitative estimate of drug-likeness (QED) is 0.726. The fourth-order valence-corrected chi connectivity index (χ4v) is 2.56. The minimum atomic E-state index is -0.0798. The van der Waals surface area contributed by atoms with Crippen molar-refractivity contribution in [2.45, 2.75) is 25.7 Å². The molecule has 4 N–H and O–H groups in total. The molecular weight excluding hydrogens is 216 g/mol. The summed E-state index contributed by atoms with van der Waals surface area (Å²) in [5, 5.41) is 9.38. The molecule has 0 aliphatic heterocycles. The molecule has 94 valence electrons. The topological polar surface area (TPSA) is 83.8 Å². The largest absolute Gasteiger partial charge is 0.350 e. The van der Waals surface area contributed by atoms with E-state index in [2.05, 4.69) is 15.5 Å². The molecule has 1 amide bonds. The summed E-state index contributed by atoms with van der Waals surface area (Å²) in [5.74, 6) is 1.01. The second kappa shape index (κ2) is 5.82. The van der Waals surface area contributed by atoms with Crippen molar-refractivity contribution in [3.05, 3.63) is 18.0 Å². The van der Waals surface area contributed by atoms with E-state index in [0.717, 1.165) is 13.1 Å². The zero-order valence-electron chi connectivity index (χ0n) is 9.98. The van der Waals surface area contributed by atoms with Gasteiger partial charge in [0.15, 0.2) is 0 Å². The summed E-state index contributed by atoms with van der Waals surface area (Å²) < 4.78 is 0. The molecule has 1 aromatic rings. The van der Waals surface area contributed by atoms with Crippen molar-refractivity contribution in [2.24, 2.45) is 17.6 Å². The van der Waals surface area contributed by atoms with Crippen LogP contribution in [0.25, 0.3) is 0 Å². The van der Waals surface area contributed by atoms with Crippen LogP contribution >= 0.6 is 0 Å². The molecule has 17 heavy (non-hydrogen) atoms. The van der Waals surface area contributed by atoms with Gasteiger partial charge in [0.1, 0.15) is 5.69 Å². The lowest BCUT2D eigenvalue weighted by molar-refractivity contribution is 0.0930. The summed E-state index contributed by atoms with van der Waals surface area (Å²) in [5.41, 5.74) is 6.28. The highest BCUT2D eigenvalue weighted by Crippen LogP contribution is 2.28. The van der Waals surface area contributed by atoms with Crippen molar-refractivity contribution in [1.82, 2.24) is 15.5 Å². The minimum Gasteiger partial charge on any atom is -0.350 e. The van der Waals surface area contributed by atoms with E-state index in [1.807, 2.05) is 0 Å². The van der Waals surface area contributed by atoms with Crippen molar-refractivity contribution in [2.75, 3.05) is 13.1 Å². The molecule has 1 saturated carbocycles. The number of aromatic nitrogens is 2. The predicted molar refractivity (Wildman–Crippen MR) is 65.4 cm³/mol. The average molecular weight is 236 g/mol. The van der Waals surface area contributed by atoms with E-state index in [1.54, 1.807) is 12.3 Å². The number of aromatic amines is 1. The van der Waals surface area contributed by atoms with E-state index in [4.69, 9.17) is 5.73 Å². The first-order valence-corrected chi connectivity index (χ1v) is 6.29. The van der Waals surface area contributed by atoms with Gasteiger partial charge < -0.3 is 11.1 Å². The zero-order valence-corrected chi connectivity index (χ0v) is 9.98. The van der Waals surface area contributed by atoms with Gasteiger partial charge in [-0.3, -0.25) is 9.89 Å².